The molecule has 0 spiro atoms. The third kappa shape index (κ3) is 2.85. The number of amides is 1. The maximum atomic E-state index is 12.1. The number of hydrogen-bond acceptors (Lipinski definition) is 5. The molecule has 0 bridgehead atoms. The summed E-state index contributed by atoms with van der Waals surface area (Å²) in [6.45, 7) is 2.62. The number of aromatic nitrogens is 1. The van der Waals surface area contributed by atoms with Gasteiger partial charge in [-0.2, -0.15) is 0 Å². The molecule has 18 heavy (non-hydrogen) atoms. The van der Waals surface area contributed by atoms with Gasteiger partial charge in [0.25, 0.3) is 0 Å². The molecular formula is C11H14N2O4S. The highest BCUT2D eigenvalue weighted by molar-refractivity contribution is 7.09. The van der Waals surface area contributed by atoms with E-state index in [0.717, 1.165) is 5.01 Å². The number of carboxylic acid groups (broad SMARTS) is 1. The first-order valence-electron chi connectivity index (χ1n) is 5.59. The number of rotatable bonds is 3. The zero-order chi connectivity index (χ0) is 13.1. The summed E-state index contributed by atoms with van der Waals surface area (Å²) in [4.78, 5) is 28.7. The van der Waals surface area contributed by atoms with Crippen molar-refractivity contribution in [3.05, 3.63) is 16.1 Å². The summed E-state index contributed by atoms with van der Waals surface area (Å²) in [5.74, 6) is -1.24. The first-order chi connectivity index (χ1) is 8.58. The van der Waals surface area contributed by atoms with Gasteiger partial charge in [0.05, 0.1) is 30.3 Å². The second-order valence-corrected chi connectivity index (χ2v) is 5.11. The molecule has 1 aromatic heterocycles. The monoisotopic (exact) mass is 270 g/mol. The Kier molecular flexibility index (Phi) is 3.93. The first-order valence-corrected chi connectivity index (χ1v) is 6.47. The Morgan fingerprint density at radius 1 is 1.67 bits per heavy atom. The second-order valence-electron chi connectivity index (χ2n) is 4.05. The van der Waals surface area contributed by atoms with Crippen LogP contribution in [0.15, 0.2) is 5.38 Å². The number of morpholine rings is 1. The predicted octanol–water partition coefficient (Wildman–Crippen LogP) is 0.306. The number of aryl methyl sites for hydroxylation is 1. The third-order valence-electron chi connectivity index (χ3n) is 2.73. The van der Waals surface area contributed by atoms with Gasteiger partial charge in [-0.05, 0) is 6.92 Å². The van der Waals surface area contributed by atoms with Gasteiger partial charge < -0.3 is 14.7 Å². The summed E-state index contributed by atoms with van der Waals surface area (Å²) in [5, 5.41) is 11.8. The molecule has 2 rings (SSSR count). The highest BCUT2D eigenvalue weighted by Crippen LogP contribution is 2.13. The Morgan fingerprint density at radius 2 is 2.44 bits per heavy atom. The van der Waals surface area contributed by atoms with Crippen LogP contribution in [0.1, 0.15) is 10.7 Å². The minimum Gasteiger partial charge on any atom is -0.480 e. The van der Waals surface area contributed by atoms with Crippen LogP contribution < -0.4 is 0 Å². The summed E-state index contributed by atoms with van der Waals surface area (Å²) in [6, 6.07) is -0.883. The minimum absolute atomic E-state index is 0.0527. The summed E-state index contributed by atoms with van der Waals surface area (Å²) < 4.78 is 5.09. The lowest BCUT2D eigenvalue weighted by molar-refractivity contribution is -0.158. The van der Waals surface area contributed by atoms with Crippen LogP contribution in [0.25, 0.3) is 0 Å². The topological polar surface area (TPSA) is 79.7 Å². The van der Waals surface area contributed by atoms with E-state index in [-0.39, 0.29) is 18.9 Å². The van der Waals surface area contributed by atoms with E-state index in [1.54, 1.807) is 0 Å². The molecular weight excluding hydrogens is 256 g/mol. The van der Waals surface area contributed by atoms with E-state index in [1.165, 1.54) is 16.2 Å². The molecule has 98 valence electrons. The molecule has 0 radical (unpaired) electrons. The Bertz CT molecular complexity index is 460. The van der Waals surface area contributed by atoms with Gasteiger partial charge in [-0.25, -0.2) is 9.78 Å². The number of thiazole rings is 1. The van der Waals surface area contributed by atoms with Crippen LogP contribution in [-0.4, -0.2) is 52.7 Å². The number of carbonyl (C=O) groups excluding carboxylic acids is 1. The van der Waals surface area contributed by atoms with Crippen molar-refractivity contribution in [3.8, 4) is 0 Å². The van der Waals surface area contributed by atoms with E-state index < -0.39 is 12.0 Å². The van der Waals surface area contributed by atoms with Crippen molar-refractivity contribution in [3.63, 3.8) is 0 Å². The Morgan fingerprint density at radius 3 is 3.06 bits per heavy atom. The van der Waals surface area contributed by atoms with E-state index in [9.17, 15) is 9.59 Å². The number of carbonyl (C=O) groups is 2. The molecule has 1 aliphatic rings. The normalized spacial score (nSPS) is 19.8. The number of carboxylic acids is 1. The van der Waals surface area contributed by atoms with Crippen LogP contribution in [0.2, 0.25) is 0 Å². The van der Waals surface area contributed by atoms with Crippen LogP contribution in [0.5, 0.6) is 0 Å². The second kappa shape index (κ2) is 5.45. The largest absolute Gasteiger partial charge is 0.480 e. The summed E-state index contributed by atoms with van der Waals surface area (Å²) in [5.41, 5.74) is 0.693. The molecule has 0 saturated carbocycles. The highest BCUT2D eigenvalue weighted by atomic mass is 32.1. The quantitative estimate of drug-likeness (QED) is 0.855. The molecule has 1 amide bonds. The Balaban J connectivity index is 2.04. The fourth-order valence-electron chi connectivity index (χ4n) is 1.85. The molecule has 1 aliphatic heterocycles. The first kappa shape index (κ1) is 13.0. The maximum absolute atomic E-state index is 12.1. The van der Waals surface area contributed by atoms with Crippen molar-refractivity contribution in [1.82, 2.24) is 9.88 Å². The van der Waals surface area contributed by atoms with E-state index in [4.69, 9.17) is 9.84 Å². The third-order valence-corrected chi connectivity index (χ3v) is 3.56. The van der Waals surface area contributed by atoms with Crippen molar-refractivity contribution in [2.75, 3.05) is 19.8 Å². The number of aliphatic carboxylic acids is 1. The Hall–Kier alpha value is -1.47. The molecule has 1 saturated heterocycles. The number of hydrogen-bond donors (Lipinski definition) is 1. The molecule has 1 aromatic rings. The number of ether oxygens (including phenoxy) is 1. The van der Waals surface area contributed by atoms with Gasteiger partial charge in [-0.1, -0.05) is 0 Å². The van der Waals surface area contributed by atoms with Gasteiger partial charge in [0.1, 0.15) is 0 Å². The van der Waals surface area contributed by atoms with Crippen LogP contribution in [0.3, 0.4) is 0 Å². The average molecular weight is 270 g/mol. The van der Waals surface area contributed by atoms with Gasteiger partial charge in [0.2, 0.25) is 5.91 Å². The van der Waals surface area contributed by atoms with E-state index >= 15 is 0 Å². The average Bonchev–Trinajstić information content (AvgIpc) is 2.74. The lowest BCUT2D eigenvalue weighted by Gasteiger charge is -2.32. The van der Waals surface area contributed by atoms with E-state index in [1.807, 2.05) is 12.3 Å². The lowest BCUT2D eigenvalue weighted by Crippen LogP contribution is -2.53. The van der Waals surface area contributed by atoms with Crippen LogP contribution in [0.4, 0.5) is 0 Å². The molecule has 2 heterocycles. The predicted molar refractivity (Wildman–Crippen MR) is 64.5 cm³/mol. The smallest absolute Gasteiger partial charge is 0.328 e. The standard InChI is InChI=1S/C11H14N2O4S/c1-7-12-8(6-18-7)4-10(14)13-2-3-17-5-9(13)11(15)16/h6,9H,2-5H2,1H3,(H,15,16)/t9-/m1/s1. The van der Waals surface area contributed by atoms with E-state index in [2.05, 4.69) is 4.98 Å². The van der Waals surface area contributed by atoms with Crippen LogP contribution >= 0.6 is 11.3 Å². The molecule has 0 aromatic carbocycles. The molecule has 1 fully saturated rings. The maximum Gasteiger partial charge on any atom is 0.328 e. The molecule has 0 aliphatic carbocycles. The van der Waals surface area contributed by atoms with Gasteiger partial charge in [-0.15, -0.1) is 11.3 Å². The fourth-order valence-corrected chi connectivity index (χ4v) is 2.47. The molecule has 0 unspecified atom stereocenters. The van der Waals surface area contributed by atoms with Crippen molar-refractivity contribution >= 4 is 23.2 Å². The van der Waals surface area contributed by atoms with Crippen LogP contribution in [-0.2, 0) is 20.7 Å². The summed E-state index contributed by atoms with van der Waals surface area (Å²) in [6.07, 6.45) is 0.147. The van der Waals surface area contributed by atoms with Crippen molar-refractivity contribution in [1.29, 1.82) is 0 Å². The van der Waals surface area contributed by atoms with Gasteiger partial charge >= 0.3 is 5.97 Å². The number of nitrogens with zero attached hydrogens (tertiary/aromatic N) is 2. The van der Waals surface area contributed by atoms with Gasteiger partial charge in [0.15, 0.2) is 6.04 Å². The minimum atomic E-state index is -1.03. The highest BCUT2D eigenvalue weighted by Gasteiger charge is 2.32. The van der Waals surface area contributed by atoms with E-state index in [0.29, 0.717) is 18.8 Å². The molecule has 1 N–H and O–H groups in total. The molecule has 6 nitrogen and oxygen atoms in total. The summed E-state index contributed by atoms with van der Waals surface area (Å²) in [7, 11) is 0. The molecule has 7 heteroatoms. The lowest BCUT2D eigenvalue weighted by atomic mass is 10.2. The van der Waals surface area contributed by atoms with Crippen molar-refractivity contribution < 1.29 is 19.4 Å². The van der Waals surface area contributed by atoms with Gasteiger partial charge in [-0.3, -0.25) is 4.79 Å². The van der Waals surface area contributed by atoms with Crippen LogP contribution in [0, 0.1) is 6.92 Å². The zero-order valence-corrected chi connectivity index (χ0v) is 10.8. The summed E-state index contributed by atoms with van der Waals surface area (Å²) >= 11 is 1.48. The van der Waals surface area contributed by atoms with Crippen molar-refractivity contribution in [2.24, 2.45) is 0 Å². The molecule has 1 atom stereocenters. The SMILES string of the molecule is Cc1nc(CC(=O)N2CCOC[C@@H]2C(=O)O)cs1. The van der Waals surface area contributed by atoms with Gasteiger partial charge in [0, 0.05) is 11.9 Å². The Labute approximate surface area is 108 Å². The fraction of sp³-hybridized carbons (Fsp3) is 0.545. The van der Waals surface area contributed by atoms with Crippen molar-refractivity contribution in [2.45, 2.75) is 19.4 Å². The zero-order valence-electron chi connectivity index (χ0n) is 9.96.